The molecule has 7 nitrogen and oxygen atoms in total. The summed E-state index contributed by atoms with van der Waals surface area (Å²) >= 11 is 0. The average molecular weight is 384 g/mol. The van der Waals surface area contributed by atoms with Crippen molar-refractivity contribution in [3.8, 4) is 5.69 Å². The van der Waals surface area contributed by atoms with Crippen LogP contribution in [0.3, 0.4) is 0 Å². The first-order chi connectivity index (χ1) is 13.5. The first-order valence-electron chi connectivity index (χ1n) is 9.92. The molecule has 2 heterocycles. The predicted octanol–water partition coefficient (Wildman–Crippen LogP) is 1.40. The molecule has 0 amide bonds. The fourth-order valence-electron chi connectivity index (χ4n) is 3.68. The molecule has 1 aromatic carbocycles. The lowest BCUT2D eigenvalue weighted by atomic mass is 10.1. The molecule has 3 rings (SSSR count). The van der Waals surface area contributed by atoms with Crippen molar-refractivity contribution in [1.82, 2.24) is 30.2 Å². The minimum atomic E-state index is 0.485. The number of para-hydroxylation sites is 1. The summed E-state index contributed by atoms with van der Waals surface area (Å²) in [7, 11) is 6.20. The minimum absolute atomic E-state index is 0.485. The number of rotatable bonds is 5. The molecule has 1 aliphatic rings. The topological polar surface area (TPSA) is 60.7 Å². The summed E-state index contributed by atoms with van der Waals surface area (Å²) in [5.41, 5.74) is 4.45. The highest BCUT2D eigenvalue weighted by atomic mass is 15.3. The van der Waals surface area contributed by atoms with Crippen molar-refractivity contribution < 1.29 is 0 Å². The maximum atomic E-state index is 4.63. The van der Waals surface area contributed by atoms with Crippen molar-refractivity contribution in [3.63, 3.8) is 0 Å². The number of benzene rings is 1. The lowest BCUT2D eigenvalue weighted by molar-refractivity contribution is 0.116. The van der Waals surface area contributed by atoms with Crippen LogP contribution in [0.4, 0.5) is 0 Å². The lowest BCUT2D eigenvalue weighted by Gasteiger charge is -2.37. The molecule has 1 atom stereocenters. The van der Waals surface area contributed by atoms with Crippen LogP contribution in [0.15, 0.2) is 35.3 Å². The molecule has 0 saturated carbocycles. The summed E-state index contributed by atoms with van der Waals surface area (Å²) in [6.07, 6.45) is 0. The number of aryl methyl sites for hydroxylation is 2. The van der Waals surface area contributed by atoms with E-state index in [2.05, 4.69) is 81.9 Å². The van der Waals surface area contributed by atoms with Gasteiger partial charge in [-0.15, -0.1) is 0 Å². The van der Waals surface area contributed by atoms with E-state index < -0.39 is 0 Å². The molecule has 152 valence electrons. The van der Waals surface area contributed by atoms with Crippen LogP contribution in [0.2, 0.25) is 0 Å². The monoisotopic (exact) mass is 383 g/mol. The van der Waals surface area contributed by atoms with Crippen LogP contribution in [-0.4, -0.2) is 78.9 Å². The maximum Gasteiger partial charge on any atom is 0.191 e. The Morgan fingerprint density at radius 2 is 1.96 bits per heavy atom. The number of hydrogen-bond donors (Lipinski definition) is 2. The molecule has 1 aromatic heterocycles. The van der Waals surface area contributed by atoms with Gasteiger partial charge in [0.05, 0.1) is 11.4 Å². The summed E-state index contributed by atoms with van der Waals surface area (Å²) in [4.78, 5) is 9.19. The van der Waals surface area contributed by atoms with Gasteiger partial charge in [-0.05, 0) is 45.6 Å². The van der Waals surface area contributed by atoms with Gasteiger partial charge in [0.15, 0.2) is 5.96 Å². The van der Waals surface area contributed by atoms with Gasteiger partial charge in [0, 0.05) is 51.5 Å². The third-order valence-corrected chi connectivity index (χ3v) is 5.38. The van der Waals surface area contributed by atoms with Crippen LogP contribution >= 0.6 is 0 Å². The largest absolute Gasteiger partial charge is 0.355 e. The highest BCUT2D eigenvalue weighted by Crippen LogP contribution is 2.16. The number of nitrogens with one attached hydrogen (secondary N) is 2. The van der Waals surface area contributed by atoms with Gasteiger partial charge in [-0.25, -0.2) is 4.68 Å². The highest BCUT2D eigenvalue weighted by molar-refractivity contribution is 5.79. The van der Waals surface area contributed by atoms with Gasteiger partial charge in [-0.3, -0.25) is 9.89 Å². The predicted molar refractivity (Wildman–Crippen MR) is 115 cm³/mol. The second kappa shape index (κ2) is 9.21. The van der Waals surface area contributed by atoms with E-state index in [1.54, 1.807) is 0 Å². The van der Waals surface area contributed by atoms with Crippen molar-refractivity contribution in [2.45, 2.75) is 26.4 Å². The van der Waals surface area contributed by atoms with Crippen LogP contribution in [0.25, 0.3) is 5.69 Å². The molecule has 0 radical (unpaired) electrons. The molecule has 1 fully saturated rings. The van der Waals surface area contributed by atoms with E-state index in [1.165, 1.54) is 5.56 Å². The van der Waals surface area contributed by atoms with Crippen LogP contribution in [-0.2, 0) is 6.54 Å². The van der Waals surface area contributed by atoms with E-state index in [9.17, 15) is 0 Å². The first kappa shape index (κ1) is 20.4. The Hall–Kier alpha value is -2.38. The van der Waals surface area contributed by atoms with E-state index in [0.717, 1.165) is 49.2 Å². The third-order valence-electron chi connectivity index (χ3n) is 5.38. The van der Waals surface area contributed by atoms with Gasteiger partial charge < -0.3 is 15.5 Å². The molecular formula is C21H33N7. The zero-order chi connectivity index (χ0) is 20.1. The lowest BCUT2D eigenvalue weighted by Crippen LogP contribution is -2.55. The van der Waals surface area contributed by atoms with Crippen molar-refractivity contribution >= 4 is 5.96 Å². The van der Waals surface area contributed by atoms with Gasteiger partial charge in [0.2, 0.25) is 0 Å². The van der Waals surface area contributed by atoms with Crippen LogP contribution in [0.1, 0.15) is 17.0 Å². The minimum Gasteiger partial charge on any atom is -0.355 e. The van der Waals surface area contributed by atoms with Gasteiger partial charge in [-0.1, -0.05) is 18.2 Å². The molecule has 1 aliphatic heterocycles. The van der Waals surface area contributed by atoms with Crippen LogP contribution < -0.4 is 10.6 Å². The molecule has 2 aromatic rings. The quantitative estimate of drug-likeness (QED) is 0.604. The van der Waals surface area contributed by atoms with Crippen molar-refractivity contribution in [2.75, 3.05) is 47.3 Å². The molecule has 0 spiro atoms. The van der Waals surface area contributed by atoms with E-state index in [0.29, 0.717) is 12.6 Å². The number of likely N-dealkylation sites (N-methyl/N-ethyl adjacent to an activating group) is 2. The summed E-state index contributed by atoms with van der Waals surface area (Å²) in [5.74, 6) is 0.824. The zero-order valence-corrected chi connectivity index (χ0v) is 17.7. The first-order valence-corrected chi connectivity index (χ1v) is 9.92. The normalized spacial score (nSPS) is 19.0. The maximum absolute atomic E-state index is 4.63. The number of guanidine groups is 1. The summed E-state index contributed by atoms with van der Waals surface area (Å²) in [5, 5.41) is 11.6. The zero-order valence-electron chi connectivity index (χ0n) is 17.7. The Morgan fingerprint density at radius 3 is 2.68 bits per heavy atom. The van der Waals surface area contributed by atoms with Crippen LogP contribution in [0, 0.1) is 13.8 Å². The fraction of sp³-hybridized carbons (Fsp3) is 0.524. The SMILES string of the molecule is CN=C(NCc1ccccc1-n1nc(C)cc1C)NCC1CN(C)CCN1C. The van der Waals surface area contributed by atoms with Gasteiger partial charge in [-0.2, -0.15) is 5.10 Å². The standard InChI is InChI=1S/C21H33N7/c1-16-12-17(2)28(25-16)20-9-7-6-8-18(20)13-23-21(22-3)24-14-19-15-26(4)10-11-27(19)5/h6-9,12,19H,10-11,13-15H2,1-5H3,(H2,22,23,24). The number of aliphatic imine (C=N–C) groups is 1. The molecule has 1 saturated heterocycles. The fourth-order valence-corrected chi connectivity index (χ4v) is 3.68. The Balaban J connectivity index is 1.62. The van der Waals surface area contributed by atoms with Gasteiger partial charge in [0.25, 0.3) is 0 Å². The highest BCUT2D eigenvalue weighted by Gasteiger charge is 2.22. The van der Waals surface area contributed by atoms with E-state index in [1.807, 2.05) is 18.7 Å². The van der Waals surface area contributed by atoms with E-state index in [4.69, 9.17) is 0 Å². The third kappa shape index (κ3) is 4.91. The number of nitrogens with zero attached hydrogens (tertiary/aromatic N) is 5. The second-order valence-electron chi connectivity index (χ2n) is 7.67. The number of aromatic nitrogens is 2. The average Bonchev–Trinajstić information content (AvgIpc) is 3.02. The summed E-state index contributed by atoms with van der Waals surface area (Å²) in [6, 6.07) is 10.9. The number of hydrogen-bond acceptors (Lipinski definition) is 4. The van der Waals surface area contributed by atoms with E-state index in [-0.39, 0.29) is 0 Å². The summed E-state index contributed by atoms with van der Waals surface area (Å²) in [6.45, 7) is 8.97. The van der Waals surface area contributed by atoms with Crippen molar-refractivity contribution in [1.29, 1.82) is 0 Å². The van der Waals surface area contributed by atoms with Gasteiger partial charge >= 0.3 is 0 Å². The molecular weight excluding hydrogens is 350 g/mol. The van der Waals surface area contributed by atoms with E-state index >= 15 is 0 Å². The molecule has 1 unspecified atom stereocenters. The Kier molecular flexibility index (Phi) is 6.70. The molecule has 28 heavy (non-hydrogen) atoms. The second-order valence-corrected chi connectivity index (χ2v) is 7.67. The Morgan fingerprint density at radius 1 is 1.18 bits per heavy atom. The molecule has 7 heteroatoms. The summed E-state index contributed by atoms with van der Waals surface area (Å²) < 4.78 is 2.01. The van der Waals surface area contributed by atoms with Crippen molar-refractivity contribution in [2.24, 2.45) is 4.99 Å². The molecule has 0 bridgehead atoms. The smallest absolute Gasteiger partial charge is 0.191 e. The number of piperazine rings is 1. The Labute approximate surface area is 168 Å². The Bertz CT molecular complexity index is 811. The van der Waals surface area contributed by atoms with Crippen molar-refractivity contribution in [3.05, 3.63) is 47.3 Å². The van der Waals surface area contributed by atoms with Crippen LogP contribution in [0.5, 0.6) is 0 Å². The molecule has 2 N–H and O–H groups in total. The van der Waals surface area contributed by atoms with Gasteiger partial charge in [0.1, 0.15) is 0 Å². The molecule has 0 aliphatic carbocycles.